The highest BCUT2D eigenvalue weighted by atomic mass is 16.5. The summed E-state index contributed by atoms with van der Waals surface area (Å²) in [5.74, 6) is -0.173. The number of rotatable bonds is 3. The van der Waals surface area contributed by atoms with Gasteiger partial charge in [0, 0.05) is 5.56 Å². The van der Waals surface area contributed by atoms with E-state index in [9.17, 15) is 4.79 Å². The van der Waals surface area contributed by atoms with Crippen LogP contribution in [0.25, 0.3) is 6.08 Å². The third kappa shape index (κ3) is 2.67. The molecule has 0 aromatic heterocycles. The van der Waals surface area contributed by atoms with E-state index in [1.165, 1.54) is 18.4 Å². The van der Waals surface area contributed by atoms with Crippen molar-refractivity contribution in [2.24, 2.45) is 0 Å². The largest absolute Gasteiger partial charge is 0.496 e. The Bertz CT molecular complexity index is 453. The highest BCUT2D eigenvalue weighted by Gasteiger charge is 2.10. The first-order valence-electron chi connectivity index (χ1n) is 5.81. The predicted molar refractivity (Wildman–Crippen MR) is 66.4 cm³/mol. The molecular weight excluding hydrogens is 216 g/mol. The van der Waals surface area contributed by atoms with E-state index < -0.39 is 5.97 Å². The first-order chi connectivity index (χ1) is 8.20. The van der Waals surface area contributed by atoms with Gasteiger partial charge >= 0.3 is 5.97 Å². The summed E-state index contributed by atoms with van der Waals surface area (Å²) in [5.41, 5.74) is 2.55. The van der Waals surface area contributed by atoms with Gasteiger partial charge in [0.05, 0.1) is 12.7 Å². The molecule has 1 saturated carbocycles. The van der Waals surface area contributed by atoms with Crippen molar-refractivity contribution in [3.8, 4) is 5.75 Å². The molecule has 0 amide bonds. The van der Waals surface area contributed by atoms with Crippen LogP contribution in [0.5, 0.6) is 5.75 Å². The van der Waals surface area contributed by atoms with Crippen molar-refractivity contribution in [1.29, 1.82) is 0 Å². The molecule has 1 aromatic rings. The Kier molecular flexibility index (Phi) is 3.47. The summed E-state index contributed by atoms with van der Waals surface area (Å²) in [6.45, 7) is 0. The second-order valence-corrected chi connectivity index (χ2v) is 4.27. The Hall–Kier alpha value is -1.77. The molecule has 1 aromatic carbocycles. The molecule has 0 unspecified atom stereocenters. The third-order valence-corrected chi connectivity index (χ3v) is 3.08. The Balaban J connectivity index is 2.38. The fraction of sp³-hybridized carbons (Fsp3) is 0.357. The summed E-state index contributed by atoms with van der Waals surface area (Å²) >= 11 is 0. The van der Waals surface area contributed by atoms with Crippen LogP contribution in [0, 0.1) is 0 Å². The second-order valence-electron chi connectivity index (χ2n) is 4.27. The van der Waals surface area contributed by atoms with Gasteiger partial charge in [0.25, 0.3) is 0 Å². The fourth-order valence-electron chi connectivity index (χ4n) is 2.17. The summed E-state index contributed by atoms with van der Waals surface area (Å²) in [5, 5.41) is 8.97. The molecule has 0 saturated heterocycles. The van der Waals surface area contributed by atoms with Gasteiger partial charge in [0.2, 0.25) is 0 Å². The Morgan fingerprint density at radius 3 is 2.65 bits per heavy atom. The zero-order chi connectivity index (χ0) is 12.3. The molecule has 0 aliphatic heterocycles. The molecule has 0 radical (unpaired) electrons. The van der Waals surface area contributed by atoms with Crippen molar-refractivity contribution < 1.29 is 14.6 Å². The van der Waals surface area contributed by atoms with E-state index in [-0.39, 0.29) is 0 Å². The number of carboxylic acid groups (broad SMARTS) is 1. The van der Waals surface area contributed by atoms with Crippen LogP contribution in [0.1, 0.15) is 41.6 Å². The normalized spacial score (nSPS) is 14.8. The van der Waals surface area contributed by atoms with E-state index in [2.05, 4.69) is 6.08 Å². The summed E-state index contributed by atoms with van der Waals surface area (Å²) < 4.78 is 5.25. The number of carboxylic acids is 1. The van der Waals surface area contributed by atoms with Crippen molar-refractivity contribution in [1.82, 2.24) is 0 Å². The van der Waals surface area contributed by atoms with Gasteiger partial charge < -0.3 is 9.84 Å². The molecule has 1 aliphatic carbocycles. The molecule has 1 aliphatic rings. The standard InChI is InChI=1S/C14H16O3/c1-17-13-7-6-11(14(15)16)9-12(13)8-10-4-2-3-5-10/h6-9H,2-5H2,1H3,(H,15,16). The number of aromatic carboxylic acids is 1. The summed E-state index contributed by atoms with van der Waals surface area (Å²) in [6.07, 6.45) is 6.75. The lowest BCUT2D eigenvalue weighted by Gasteiger charge is -2.07. The number of benzene rings is 1. The maximum atomic E-state index is 10.9. The van der Waals surface area contributed by atoms with Gasteiger partial charge in [0.15, 0.2) is 0 Å². The maximum absolute atomic E-state index is 10.9. The van der Waals surface area contributed by atoms with E-state index in [0.717, 1.165) is 24.2 Å². The maximum Gasteiger partial charge on any atom is 0.335 e. The van der Waals surface area contributed by atoms with Crippen LogP contribution in [-0.4, -0.2) is 18.2 Å². The minimum absolute atomic E-state index is 0.302. The van der Waals surface area contributed by atoms with Gasteiger partial charge in [-0.3, -0.25) is 0 Å². The average Bonchev–Trinajstić information content (AvgIpc) is 2.81. The van der Waals surface area contributed by atoms with E-state index in [0.29, 0.717) is 5.56 Å². The highest BCUT2D eigenvalue weighted by Crippen LogP contribution is 2.29. The number of carbonyl (C=O) groups is 1. The molecule has 0 spiro atoms. The number of hydrogen-bond donors (Lipinski definition) is 1. The first kappa shape index (κ1) is 11.7. The zero-order valence-electron chi connectivity index (χ0n) is 9.90. The quantitative estimate of drug-likeness (QED) is 0.869. The minimum atomic E-state index is -0.904. The van der Waals surface area contributed by atoms with Gasteiger partial charge in [-0.05, 0) is 43.9 Å². The molecule has 2 rings (SSSR count). The van der Waals surface area contributed by atoms with Gasteiger partial charge in [-0.2, -0.15) is 0 Å². The molecule has 17 heavy (non-hydrogen) atoms. The van der Waals surface area contributed by atoms with Crippen LogP contribution in [0.3, 0.4) is 0 Å². The zero-order valence-corrected chi connectivity index (χ0v) is 9.90. The van der Waals surface area contributed by atoms with Crippen molar-refractivity contribution in [2.45, 2.75) is 25.7 Å². The number of ether oxygens (including phenoxy) is 1. The molecule has 0 bridgehead atoms. The number of methoxy groups -OCH3 is 1. The Labute approximate surface area is 101 Å². The van der Waals surface area contributed by atoms with Gasteiger partial charge in [0.1, 0.15) is 5.75 Å². The smallest absolute Gasteiger partial charge is 0.335 e. The van der Waals surface area contributed by atoms with E-state index in [1.807, 2.05) is 0 Å². The van der Waals surface area contributed by atoms with Crippen LogP contribution in [0.4, 0.5) is 0 Å². The second kappa shape index (κ2) is 5.04. The summed E-state index contributed by atoms with van der Waals surface area (Å²) in [4.78, 5) is 10.9. The number of allylic oxidation sites excluding steroid dienone is 1. The van der Waals surface area contributed by atoms with Crippen LogP contribution in [0.2, 0.25) is 0 Å². The molecule has 0 atom stereocenters. The van der Waals surface area contributed by atoms with E-state index in [4.69, 9.17) is 9.84 Å². The topological polar surface area (TPSA) is 46.5 Å². The van der Waals surface area contributed by atoms with E-state index in [1.54, 1.807) is 25.3 Å². The molecule has 3 nitrogen and oxygen atoms in total. The first-order valence-corrected chi connectivity index (χ1v) is 5.81. The Morgan fingerprint density at radius 2 is 2.06 bits per heavy atom. The van der Waals surface area contributed by atoms with Crippen LogP contribution in [0.15, 0.2) is 23.8 Å². The molecule has 1 N–H and O–H groups in total. The summed E-state index contributed by atoms with van der Waals surface area (Å²) in [7, 11) is 1.60. The molecule has 90 valence electrons. The lowest BCUT2D eigenvalue weighted by atomic mass is 10.1. The monoisotopic (exact) mass is 232 g/mol. The van der Waals surface area contributed by atoms with Crippen LogP contribution < -0.4 is 4.74 Å². The third-order valence-electron chi connectivity index (χ3n) is 3.08. The van der Waals surface area contributed by atoms with Gasteiger partial charge in [-0.1, -0.05) is 11.6 Å². The molecular formula is C14H16O3. The van der Waals surface area contributed by atoms with Crippen LogP contribution >= 0.6 is 0 Å². The van der Waals surface area contributed by atoms with Crippen molar-refractivity contribution in [2.75, 3.05) is 7.11 Å². The molecule has 1 fully saturated rings. The average molecular weight is 232 g/mol. The van der Waals surface area contributed by atoms with Gasteiger partial charge in [-0.25, -0.2) is 4.79 Å². The van der Waals surface area contributed by atoms with Crippen molar-refractivity contribution >= 4 is 12.0 Å². The summed E-state index contributed by atoms with van der Waals surface area (Å²) in [6, 6.07) is 4.95. The van der Waals surface area contributed by atoms with Gasteiger partial charge in [-0.15, -0.1) is 0 Å². The van der Waals surface area contributed by atoms with Crippen molar-refractivity contribution in [3.05, 3.63) is 34.9 Å². The minimum Gasteiger partial charge on any atom is -0.496 e. The lowest BCUT2D eigenvalue weighted by Crippen LogP contribution is -1.98. The van der Waals surface area contributed by atoms with Crippen LogP contribution in [-0.2, 0) is 0 Å². The fourth-order valence-corrected chi connectivity index (χ4v) is 2.17. The highest BCUT2D eigenvalue weighted by molar-refractivity contribution is 5.89. The predicted octanol–water partition coefficient (Wildman–Crippen LogP) is 3.35. The van der Waals surface area contributed by atoms with Crippen molar-refractivity contribution in [3.63, 3.8) is 0 Å². The Morgan fingerprint density at radius 1 is 1.35 bits per heavy atom. The molecule has 0 heterocycles. The van der Waals surface area contributed by atoms with E-state index >= 15 is 0 Å². The SMILES string of the molecule is COc1ccc(C(=O)O)cc1C=C1CCCC1. The molecule has 3 heteroatoms. The lowest BCUT2D eigenvalue weighted by molar-refractivity contribution is 0.0697. The number of hydrogen-bond acceptors (Lipinski definition) is 2.